The molecule has 0 saturated heterocycles. The van der Waals surface area contributed by atoms with Gasteiger partial charge in [0.1, 0.15) is 5.01 Å². The van der Waals surface area contributed by atoms with E-state index in [4.69, 9.17) is 0 Å². The Bertz CT molecular complexity index is 1060. The molecule has 0 aliphatic rings. The second kappa shape index (κ2) is 8.06. The normalized spacial score (nSPS) is 12.5. The van der Waals surface area contributed by atoms with Crippen LogP contribution < -0.4 is 0 Å². The van der Waals surface area contributed by atoms with E-state index in [0.29, 0.717) is 22.8 Å². The SMILES string of the molecule is Cc1nc(-c2ccccc2)sc1C(=O)/C=C\c1cc(C(F)(F)F)cc(C(F)(F)F)c1. The molecule has 0 unspecified atom stereocenters. The molecule has 0 saturated carbocycles. The highest BCUT2D eigenvalue weighted by Crippen LogP contribution is 2.36. The number of thiazole rings is 1. The molecule has 0 bridgehead atoms. The van der Waals surface area contributed by atoms with Crippen LogP contribution in [-0.2, 0) is 12.4 Å². The Morgan fingerprint density at radius 3 is 2.03 bits per heavy atom. The Balaban J connectivity index is 1.92. The standard InChI is InChI=1S/C21H13F6NOS/c1-12-18(30-19(28-12)14-5-3-2-4-6-14)17(29)8-7-13-9-15(20(22,23)24)11-16(10-13)21(25,26)27/h2-11H,1H3/b8-7-. The van der Waals surface area contributed by atoms with Gasteiger partial charge in [0.05, 0.1) is 21.7 Å². The van der Waals surface area contributed by atoms with Gasteiger partial charge in [-0.15, -0.1) is 11.3 Å². The van der Waals surface area contributed by atoms with Gasteiger partial charge in [0.2, 0.25) is 0 Å². The molecule has 1 heterocycles. The molecule has 0 aliphatic heterocycles. The van der Waals surface area contributed by atoms with E-state index in [1.807, 2.05) is 18.2 Å². The third kappa shape index (κ3) is 4.96. The molecule has 2 nitrogen and oxygen atoms in total. The molecule has 0 amide bonds. The second-order valence-electron chi connectivity index (χ2n) is 6.34. The lowest BCUT2D eigenvalue weighted by Crippen LogP contribution is -2.11. The van der Waals surface area contributed by atoms with Crippen molar-refractivity contribution in [1.29, 1.82) is 0 Å². The average molecular weight is 441 g/mol. The highest BCUT2D eigenvalue weighted by atomic mass is 32.1. The quantitative estimate of drug-likeness (QED) is 0.247. The van der Waals surface area contributed by atoms with Crippen LogP contribution in [-0.4, -0.2) is 10.8 Å². The van der Waals surface area contributed by atoms with E-state index in [-0.39, 0.29) is 16.5 Å². The molecule has 30 heavy (non-hydrogen) atoms. The number of ketones is 1. The summed E-state index contributed by atoms with van der Waals surface area (Å²) in [5.41, 5.74) is -2.04. The lowest BCUT2D eigenvalue weighted by Gasteiger charge is -2.12. The minimum absolute atomic E-state index is 0.0403. The first-order valence-electron chi connectivity index (χ1n) is 8.50. The number of hydrogen-bond acceptors (Lipinski definition) is 3. The Morgan fingerprint density at radius 1 is 0.933 bits per heavy atom. The smallest absolute Gasteiger partial charge is 0.288 e. The molecule has 2 aromatic carbocycles. The fourth-order valence-corrected chi connectivity index (χ4v) is 3.64. The maximum absolute atomic E-state index is 13.0. The van der Waals surface area contributed by atoms with E-state index in [1.165, 1.54) is 0 Å². The monoisotopic (exact) mass is 441 g/mol. The Hall–Kier alpha value is -2.94. The second-order valence-corrected chi connectivity index (χ2v) is 7.34. The number of nitrogens with zero attached hydrogens (tertiary/aromatic N) is 1. The molecule has 1 aromatic heterocycles. The Labute approximate surface area is 171 Å². The third-order valence-corrected chi connectivity index (χ3v) is 5.30. The van der Waals surface area contributed by atoms with Gasteiger partial charge in [0.15, 0.2) is 5.78 Å². The molecule has 0 spiro atoms. The van der Waals surface area contributed by atoms with Crippen molar-refractivity contribution >= 4 is 23.2 Å². The van der Waals surface area contributed by atoms with Gasteiger partial charge in [-0.2, -0.15) is 26.3 Å². The van der Waals surface area contributed by atoms with Gasteiger partial charge in [0.25, 0.3) is 0 Å². The molecule has 9 heteroatoms. The number of alkyl halides is 6. The summed E-state index contributed by atoms with van der Waals surface area (Å²) in [7, 11) is 0. The van der Waals surface area contributed by atoms with E-state index >= 15 is 0 Å². The summed E-state index contributed by atoms with van der Waals surface area (Å²) in [4.78, 5) is 17.1. The summed E-state index contributed by atoms with van der Waals surface area (Å²) < 4.78 is 77.7. The first-order valence-corrected chi connectivity index (χ1v) is 9.31. The van der Waals surface area contributed by atoms with Crippen LogP contribution in [0.1, 0.15) is 32.1 Å². The summed E-state index contributed by atoms with van der Waals surface area (Å²) in [6.45, 7) is 1.61. The summed E-state index contributed by atoms with van der Waals surface area (Å²) >= 11 is 1.10. The molecule has 3 aromatic rings. The molecule has 0 fully saturated rings. The molecule has 0 atom stereocenters. The number of carbonyl (C=O) groups is 1. The topological polar surface area (TPSA) is 30.0 Å². The lowest BCUT2D eigenvalue weighted by molar-refractivity contribution is -0.143. The highest BCUT2D eigenvalue weighted by molar-refractivity contribution is 7.17. The molecular weight excluding hydrogens is 428 g/mol. The van der Waals surface area contributed by atoms with Gasteiger partial charge in [-0.1, -0.05) is 36.4 Å². The highest BCUT2D eigenvalue weighted by Gasteiger charge is 2.36. The van der Waals surface area contributed by atoms with E-state index in [0.717, 1.165) is 29.1 Å². The van der Waals surface area contributed by atoms with Crippen molar-refractivity contribution < 1.29 is 31.1 Å². The van der Waals surface area contributed by atoms with Crippen LogP contribution in [0.4, 0.5) is 26.3 Å². The van der Waals surface area contributed by atoms with Gasteiger partial charge in [0, 0.05) is 5.56 Å². The van der Waals surface area contributed by atoms with Crippen molar-refractivity contribution in [2.24, 2.45) is 0 Å². The van der Waals surface area contributed by atoms with Crippen LogP contribution in [0.2, 0.25) is 0 Å². The largest absolute Gasteiger partial charge is 0.416 e. The number of aromatic nitrogens is 1. The van der Waals surface area contributed by atoms with Crippen LogP contribution in [0.25, 0.3) is 16.6 Å². The number of halogens is 6. The van der Waals surface area contributed by atoms with Gasteiger partial charge in [-0.3, -0.25) is 4.79 Å². The van der Waals surface area contributed by atoms with Crippen LogP contribution in [0.5, 0.6) is 0 Å². The zero-order chi connectivity index (χ0) is 22.1. The molecule has 0 radical (unpaired) electrons. The van der Waals surface area contributed by atoms with Crippen molar-refractivity contribution in [3.05, 3.63) is 81.9 Å². The van der Waals surface area contributed by atoms with E-state index in [2.05, 4.69) is 4.98 Å². The molecule has 0 aliphatic carbocycles. The first-order chi connectivity index (χ1) is 13.9. The number of aryl methyl sites for hydroxylation is 1. The minimum Gasteiger partial charge on any atom is -0.288 e. The number of hydrogen-bond donors (Lipinski definition) is 0. The maximum atomic E-state index is 13.0. The fourth-order valence-electron chi connectivity index (χ4n) is 2.65. The zero-order valence-corrected chi connectivity index (χ0v) is 16.1. The van der Waals surface area contributed by atoms with E-state index in [9.17, 15) is 31.1 Å². The molecule has 156 valence electrons. The fraction of sp³-hybridized carbons (Fsp3) is 0.143. The van der Waals surface area contributed by atoms with Crippen LogP contribution in [0.15, 0.2) is 54.6 Å². The predicted molar refractivity (Wildman–Crippen MR) is 102 cm³/mol. The van der Waals surface area contributed by atoms with Gasteiger partial charge in [-0.25, -0.2) is 4.98 Å². The van der Waals surface area contributed by atoms with Crippen molar-refractivity contribution in [3.63, 3.8) is 0 Å². The number of benzene rings is 2. The first kappa shape index (κ1) is 21.8. The van der Waals surface area contributed by atoms with Gasteiger partial charge < -0.3 is 0 Å². The summed E-state index contributed by atoms with van der Waals surface area (Å²) in [5.74, 6) is -0.557. The molecule has 3 rings (SSSR count). The third-order valence-electron chi connectivity index (χ3n) is 4.08. The Kier molecular flexibility index (Phi) is 5.85. The predicted octanol–water partition coefficient (Wildman–Crippen LogP) is 7.05. The molecular formula is C21H13F6NOS. The number of rotatable bonds is 4. The summed E-state index contributed by atoms with van der Waals surface area (Å²) in [6, 6.07) is 10.2. The minimum atomic E-state index is -4.95. The molecule has 0 N–H and O–H groups in total. The summed E-state index contributed by atoms with van der Waals surface area (Å²) in [6.07, 6.45) is -8.02. The van der Waals surface area contributed by atoms with Gasteiger partial charge in [-0.05, 0) is 36.8 Å². The lowest BCUT2D eigenvalue weighted by atomic mass is 10.0. The Morgan fingerprint density at radius 2 is 1.50 bits per heavy atom. The van der Waals surface area contributed by atoms with Gasteiger partial charge >= 0.3 is 12.4 Å². The van der Waals surface area contributed by atoms with E-state index in [1.54, 1.807) is 19.1 Å². The van der Waals surface area contributed by atoms with Crippen molar-refractivity contribution in [2.45, 2.75) is 19.3 Å². The van der Waals surface area contributed by atoms with Crippen LogP contribution >= 0.6 is 11.3 Å². The zero-order valence-electron chi connectivity index (χ0n) is 15.3. The number of carbonyl (C=O) groups excluding carboxylic acids is 1. The van der Waals surface area contributed by atoms with Crippen LogP contribution in [0.3, 0.4) is 0 Å². The van der Waals surface area contributed by atoms with Crippen molar-refractivity contribution in [1.82, 2.24) is 4.98 Å². The maximum Gasteiger partial charge on any atom is 0.416 e. The van der Waals surface area contributed by atoms with Crippen molar-refractivity contribution in [3.8, 4) is 10.6 Å². The number of allylic oxidation sites excluding steroid dienone is 1. The van der Waals surface area contributed by atoms with E-state index < -0.39 is 29.3 Å². The van der Waals surface area contributed by atoms with Crippen LogP contribution in [0, 0.1) is 6.92 Å². The summed E-state index contributed by atoms with van der Waals surface area (Å²) in [5, 5.41) is 0.586. The van der Waals surface area contributed by atoms with Crippen molar-refractivity contribution in [2.75, 3.05) is 0 Å². The average Bonchev–Trinajstić information content (AvgIpc) is 3.07.